The van der Waals surface area contributed by atoms with Crippen molar-refractivity contribution in [3.8, 4) is 0 Å². The zero-order chi connectivity index (χ0) is 27.6. The fourth-order valence-corrected chi connectivity index (χ4v) is 5.80. The van der Waals surface area contributed by atoms with Gasteiger partial charge in [-0.05, 0) is 43.5 Å². The van der Waals surface area contributed by atoms with Crippen LogP contribution in [0.25, 0.3) is 0 Å². The monoisotopic (exact) mass is 556 g/mol. The van der Waals surface area contributed by atoms with Gasteiger partial charge in [-0.1, -0.05) is 11.6 Å². The molecule has 38 heavy (non-hydrogen) atoms. The third kappa shape index (κ3) is 4.43. The van der Waals surface area contributed by atoms with Crippen molar-refractivity contribution in [3.05, 3.63) is 51.6 Å². The second kappa shape index (κ2) is 9.26. The highest BCUT2D eigenvalue weighted by molar-refractivity contribution is 6.44. The molecule has 8 nitrogen and oxygen atoms in total. The minimum atomic E-state index is -3.20. The Balaban J connectivity index is 1.40. The maximum absolute atomic E-state index is 13.8. The highest BCUT2D eigenvalue weighted by Gasteiger charge is 2.64. The Morgan fingerprint density at radius 2 is 1.89 bits per heavy atom. The summed E-state index contributed by atoms with van der Waals surface area (Å²) in [6.45, 7) is 1.49. The third-order valence-electron chi connectivity index (χ3n) is 7.38. The smallest absolute Gasteiger partial charge is 0.293 e. The summed E-state index contributed by atoms with van der Waals surface area (Å²) in [5, 5.41) is 15.8. The quantitative estimate of drug-likeness (QED) is 0.210. The molecule has 0 spiro atoms. The molecule has 3 aliphatic rings. The van der Waals surface area contributed by atoms with Gasteiger partial charge in [-0.2, -0.15) is 0 Å². The van der Waals surface area contributed by atoms with Gasteiger partial charge in [0.25, 0.3) is 17.6 Å². The lowest BCUT2D eigenvalue weighted by molar-refractivity contribution is -0.178. The number of nitrogens with one attached hydrogen (secondary N) is 2. The molecule has 5 rings (SSSR count). The van der Waals surface area contributed by atoms with Gasteiger partial charge in [0.1, 0.15) is 17.5 Å². The Morgan fingerprint density at radius 1 is 1.21 bits per heavy atom. The highest BCUT2D eigenvalue weighted by Crippen LogP contribution is 2.47. The number of rotatable bonds is 7. The van der Waals surface area contributed by atoms with Crippen molar-refractivity contribution in [2.45, 2.75) is 63.0 Å². The number of hydrogen-bond donors (Lipinski definition) is 3. The van der Waals surface area contributed by atoms with E-state index in [0.29, 0.717) is 42.0 Å². The summed E-state index contributed by atoms with van der Waals surface area (Å²) in [6, 6.07) is 3.79. The summed E-state index contributed by atoms with van der Waals surface area (Å²) < 4.78 is 56.2. The fourth-order valence-electron chi connectivity index (χ4n) is 5.62. The van der Waals surface area contributed by atoms with E-state index in [4.69, 9.17) is 11.6 Å². The number of carbonyl (C=O) groups is 3. The molecule has 1 aliphatic carbocycles. The molecule has 0 radical (unpaired) electrons. The van der Waals surface area contributed by atoms with Crippen LogP contribution in [0.5, 0.6) is 0 Å². The number of halogens is 5. The Kier molecular flexibility index (Phi) is 6.46. The first kappa shape index (κ1) is 26.5. The Labute approximate surface area is 219 Å². The molecule has 2 aromatic rings. The summed E-state index contributed by atoms with van der Waals surface area (Å²) >= 11 is 5.81. The summed E-state index contributed by atoms with van der Waals surface area (Å²) in [7, 11) is 0. The maximum atomic E-state index is 13.8. The normalized spacial score (nSPS) is 20.2. The van der Waals surface area contributed by atoms with E-state index in [2.05, 4.69) is 10.6 Å². The molecule has 2 amide bonds. The first-order valence-corrected chi connectivity index (χ1v) is 12.5. The van der Waals surface area contributed by atoms with Gasteiger partial charge in [0.2, 0.25) is 5.91 Å². The van der Waals surface area contributed by atoms with Crippen molar-refractivity contribution in [3.63, 3.8) is 0 Å². The Morgan fingerprint density at radius 3 is 2.50 bits per heavy atom. The molecular formula is C25H25ClF4N4O4. The van der Waals surface area contributed by atoms with Crippen LogP contribution in [0.2, 0.25) is 5.02 Å². The van der Waals surface area contributed by atoms with Gasteiger partial charge < -0.3 is 25.2 Å². The van der Waals surface area contributed by atoms with Crippen molar-refractivity contribution in [1.82, 2.24) is 14.8 Å². The number of Topliss-reactive ketones (excluding diaryl/α,β-unsaturated/α-hetero) is 1. The first-order valence-electron chi connectivity index (χ1n) is 12.1. The number of nitrogens with zero attached hydrogens (tertiary/aromatic N) is 2. The summed E-state index contributed by atoms with van der Waals surface area (Å²) in [5.74, 6) is -6.93. The van der Waals surface area contributed by atoms with Crippen LogP contribution in [0, 0.1) is 12.7 Å². The number of carbonyl (C=O) groups excluding carboxylic acids is 3. The second-order valence-electron chi connectivity index (χ2n) is 10.1. The van der Waals surface area contributed by atoms with E-state index in [0.717, 1.165) is 11.0 Å². The summed E-state index contributed by atoms with van der Waals surface area (Å²) in [6.07, 6.45) is -3.51. The van der Waals surface area contributed by atoms with E-state index in [1.807, 2.05) is 0 Å². The summed E-state index contributed by atoms with van der Waals surface area (Å²) in [5.41, 5.74) is -0.540. The zero-order valence-electron chi connectivity index (χ0n) is 20.3. The van der Waals surface area contributed by atoms with Crippen molar-refractivity contribution >= 4 is 34.9 Å². The number of anilines is 1. The van der Waals surface area contributed by atoms with Crippen molar-refractivity contribution in [2.75, 3.05) is 18.4 Å². The molecule has 0 bridgehead atoms. The van der Waals surface area contributed by atoms with Gasteiger partial charge >= 0.3 is 0 Å². The fraction of sp³-hybridized carbons (Fsp3) is 0.480. The standard InChI is InChI=1S/C25H25ClF4N4O4/c1-12-18(17-3-2-6-34(17)19(12)21(36)31-14-4-5-16(28)15(26)7-14)20(35)22(37)32-24(10-25(29,30)11-24)23(38)33-8-13(27)9-33/h4-5,7,13,21,31,36H,2-3,6,8-11H2,1H3,(H,32,37). The van der Waals surface area contributed by atoms with E-state index in [-0.39, 0.29) is 23.7 Å². The molecule has 204 valence electrons. The topological polar surface area (TPSA) is 104 Å². The lowest BCUT2D eigenvalue weighted by Crippen LogP contribution is -2.72. The number of ketones is 1. The third-order valence-corrected chi connectivity index (χ3v) is 7.67. The highest BCUT2D eigenvalue weighted by atomic mass is 35.5. The molecule has 1 saturated heterocycles. The minimum absolute atomic E-state index is 0.0226. The van der Waals surface area contributed by atoms with Gasteiger partial charge in [-0.15, -0.1) is 0 Å². The van der Waals surface area contributed by atoms with Crippen LogP contribution >= 0.6 is 11.6 Å². The molecule has 3 N–H and O–H groups in total. The van der Waals surface area contributed by atoms with E-state index in [9.17, 15) is 37.1 Å². The lowest BCUT2D eigenvalue weighted by atomic mass is 9.71. The van der Waals surface area contributed by atoms with Crippen molar-refractivity contribution in [2.24, 2.45) is 0 Å². The molecule has 1 saturated carbocycles. The van der Waals surface area contributed by atoms with E-state index in [1.165, 1.54) is 12.1 Å². The number of fused-ring (bicyclic) bond motifs is 1. The molecule has 1 unspecified atom stereocenters. The van der Waals surface area contributed by atoms with Crippen molar-refractivity contribution in [1.29, 1.82) is 0 Å². The number of aromatic nitrogens is 1. The molecular weight excluding hydrogens is 532 g/mol. The Bertz CT molecular complexity index is 1330. The largest absolute Gasteiger partial charge is 0.368 e. The van der Waals surface area contributed by atoms with Crippen LogP contribution in [0.4, 0.5) is 23.2 Å². The number of benzene rings is 1. The number of likely N-dealkylation sites (tertiary alicyclic amines) is 1. The van der Waals surface area contributed by atoms with E-state index in [1.54, 1.807) is 11.5 Å². The second-order valence-corrected chi connectivity index (χ2v) is 10.6. The minimum Gasteiger partial charge on any atom is -0.368 e. The Hall–Kier alpha value is -3.12. The summed E-state index contributed by atoms with van der Waals surface area (Å²) in [4.78, 5) is 40.3. The van der Waals surface area contributed by atoms with Crippen LogP contribution in [-0.2, 0) is 22.6 Å². The van der Waals surface area contributed by atoms with Crippen LogP contribution in [-0.4, -0.2) is 62.9 Å². The molecule has 3 heterocycles. The van der Waals surface area contributed by atoms with Crippen LogP contribution in [0.1, 0.15) is 52.8 Å². The first-order chi connectivity index (χ1) is 17.8. The van der Waals surface area contributed by atoms with Gasteiger partial charge in [0, 0.05) is 30.8 Å². The van der Waals surface area contributed by atoms with Gasteiger partial charge in [0.05, 0.1) is 29.4 Å². The van der Waals surface area contributed by atoms with Crippen LogP contribution in [0.15, 0.2) is 18.2 Å². The number of aliphatic hydroxyl groups is 1. The molecule has 1 atom stereocenters. The number of alkyl halides is 3. The van der Waals surface area contributed by atoms with Gasteiger partial charge in [-0.3, -0.25) is 14.4 Å². The van der Waals surface area contributed by atoms with E-state index >= 15 is 0 Å². The average Bonchev–Trinajstić information content (AvgIpc) is 3.36. The molecule has 1 aromatic heterocycles. The maximum Gasteiger partial charge on any atom is 0.293 e. The van der Waals surface area contributed by atoms with Gasteiger partial charge in [0.15, 0.2) is 6.23 Å². The molecule has 2 aliphatic heterocycles. The van der Waals surface area contributed by atoms with Crippen LogP contribution < -0.4 is 10.6 Å². The van der Waals surface area contributed by atoms with Crippen LogP contribution in [0.3, 0.4) is 0 Å². The SMILES string of the molecule is Cc1c(C(=O)C(=O)NC2(C(=O)N3CC(F)C3)CC(F)(F)C2)c2n(c1C(O)Nc1ccc(F)c(Cl)c1)CCC2. The van der Waals surface area contributed by atoms with E-state index < -0.39 is 60.1 Å². The zero-order valence-corrected chi connectivity index (χ0v) is 21.0. The predicted octanol–water partition coefficient (Wildman–Crippen LogP) is 3.29. The number of amides is 2. The average molecular weight is 557 g/mol. The molecule has 2 fully saturated rings. The number of aliphatic hydroxyl groups excluding tert-OH is 1. The van der Waals surface area contributed by atoms with Crippen molar-refractivity contribution < 1.29 is 37.1 Å². The number of hydrogen-bond acceptors (Lipinski definition) is 5. The predicted molar refractivity (Wildman–Crippen MR) is 128 cm³/mol. The molecule has 1 aromatic carbocycles. The van der Waals surface area contributed by atoms with Gasteiger partial charge in [-0.25, -0.2) is 17.6 Å². The lowest BCUT2D eigenvalue weighted by Gasteiger charge is -2.50. The molecule has 13 heteroatoms.